The molecular weight excluding hydrogens is 228 g/mol. The molecule has 0 amide bonds. The molecular formula is C15H28O3. The largest absolute Gasteiger partial charge is 0.391 e. The van der Waals surface area contributed by atoms with Crippen molar-refractivity contribution in [2.75, 3.05) is 13.2 Å². The van der Waals surface area contributed by atoms with Gasteiger partial charge < -0.3 is 14.6 Å². The topological polar surface area (TPSA) is 38.7 Å². The summed E-state index contributed by atoms with van der Waals surface area (Å²) in [5.41, 5.74) is -0.274. The maximum Gasteiger partial charge on any atom is 0.0745 e. The van der Waals surface area contributed by atoms with Gasteiger partial charge in [-0.05, 0) is 47.0 Å². The lowest BCUT2D eigenvalue weighted by atomic mass is 9.70. The van der Waals surface area contributed by atoms with Gasteiger partial charge >= 0.3 is 0 Å². The molecule has 3 unspecified atom stereocenters. The predicted molar refractivity (Wildman–Crippen MR) is 73.6 cm³/mol. The van der Waals surface area contributed by atoms with E-state index < -0.39 is 6.10 Å². The van der Waals surface area contributed by atoms with E-state index in [-0.39, 0.29) is 11.2 Å². The Kier molecular flexibility index (Phi) is 5.38. The Balaban J connectivity index is 2.36. The van der Waals surface area contributed by atoms with Crippen molar-refractivity contribution in [3.05, 3.63) is 12.7 Å². The van der Waals surface area contributed by atoms with Crippen LogP contribution in [0, 0.1) is 5.92 Å². The lowest BCUT2D eigenvalue weighted by Gasteiger charge is -2.47. The van der Waals surface area contributed by atoms with E-state index in [9.17, 15) is 5.11 Å². The van der Waals surface area contributed by atoms with Crippen molar-refractivity contribution < 1.29 is 14.6 Å². The third-order valence-electron chi connectivity index (χ3n) is 3.82. The SMILES string of the molecule is C=CCC(C)(C)OCC1CCC1(C)OCC(C)O. The van der Waals surface area contributed by atoms with Gasteiger partial charge in [0.05, 0.1) is 30.5 Å². The molecule has 3 nitrogen and oxygen atoms in total. The fraction of sp³-hybridized carbons (Fsp3) is 0.867. The smallest absolute Gasteiger partial charge is 0.0745 e. The van der Waals surface area contributed by atoms with E-state index in [1.165, 1.54) is 0 Å². The molecule has 1 rings (SSSR count). The van der Waals surface area contributed by atoms with Crippen molar-refractivity contribution in [3.8, 4) is 0 Å². The lowest BCUT2D eigenvalue weighted by molar-refractivity contribution is -0.178. The minimum Gasteiger partial charge on any atom is -0.391 e. The van der Waals surface area contributed by atoms with E-state index >= 15 is 0 Å². The first-order valence-corrected chi connectivity index (χ1v) is 6.86. The molecule has 0 spiro atoms. The summed E-state index contributed by atoms with van der Waals surface area (Å²) in [6.07, 6.45) is 4.53. The lowest BCUT2D eigenvalue weighted by Crippen LogP contribution is -2.50. The van der Waals surface area contributed by atoms with Crippen molar-refractivity contribution >= 4 is 0 Å². The molecule has 0 aliphatic heterocycles. The van der Waals surface area contributed by atoms with Crippen molar-refractivity contribution in [2.24, 2.45) is 5.92 Å². The molecule has 3 atom stereocenters. The van der Waals surface area contributed by atoms with Crippen molar-refractivity contribution in [1.29, 1.82) is 0 Å². The van der Waals surface area contributed by atoms with Crippen LogP contribution in [-0.2, 0) is 9.47 Å². The first kappa shape index (κ1) is 15.7. The summed E-state index contributed by atoms with van der Waals surface area (Å²) in [5.74, 6) is 0.431. The molecule has 0 aromatic carbocycles. The summed E-state index contributed by atoms with van der Waals surface area (Å²) in [7, 11) is 0. The Bertz CT molecular complexity index is 273. The van der Waals surface area contributed by atoms with Gasteiger partial charge in [-0.1, -0.05) is 6.08 Å². The third kappa shape index (κ3) is 4.38. The van der Waals surface area contributed by atoms with Crippen LogP contribution in [-0.4, -0.2) is 35.6 Å². The predicted octanol–water partition coefficient (Wildman–Crippen LogP) is 2.92. The van der Waals surface area contributed by atoms with E-state index in [2.05, 4.69) is 27.4 Å². The van der Waals surface area contributed by atoms with Gasteiger partial charge in [-0.15, -0.1) is 6.58 Å². The van der Waals surface area contributed by atoms with Gasteiger partial charge in [0.25, 0.3) is 0 Å². The zero-order valence-corrected chi connectivity index (χ0v) is 12.2. The molecule has 1 N–H and O–H groups in total. The van der Waals surface area contributed by atoms with Crippen molar-refractivity contribution in [3.63, 3.8) is 0 Å². The van der Waals surface area contributed by atoms with Crippen LogP contribution in [0.4, 0.5) is 0 Å². The number of ether oxygens (including phenoxy) is 2. The fourth-order valence-electron chi connectivity index (χ4n) is 2.25. The summed E-state index contributed by atoms with van der Waals surface area (Å²) in [5, 5.41) is 9.28. The Morgan fingerprint density at radius 2 is 2.22 bits per heavy atom. The molecule has 1 aliphatic rings. The highest BCUT2D eigenvalue weighted by Gasteiger charge is 2.44. The summed E-state index contributed by atoms with van der Waals surface area (Å²) in [6.45, 7) is 12.9. The molecule has 0 bridgehead atoms. The van der Waals surface area contributed by atoms with E-state index in [1.807, 2.05) is 6.08 Å². The molecule has 0 aromatic rings. The maximum atomic E-state index is 9.28. The Morgan fingerprint density at radius 3 is 2.67 bits per heavy atom. The monoisotopic (exact) mass is 256 g/mol. The van der Waals surface area contributed by atoms with E-state index in [1.54, 1.807) is 6.92 Å². The number of hydrogen-bond acceptors (Lipinski definition) is 3. The number of hydrogen-bond donors (Lipinski definition) is 1. The minimum absolute atomic E-state index is 0.124. The van der Waals surface area contributed by atoms with Crippen LogP contribution < -0.4 is 0 Å². The Labute approximate surface area is 111 Å². The van der Waals surface area contributed by atoms with Crippen LogP contribution in [0.5, 0.6) is 0 Å². The molecule has 1 fully saturated rings. The molecule has 0 saturated heterocycles. The minimum atomic E-state index is -0.402. The first-order valence-electron chi connectivity index (χ1n) is 6.86. The molecule has 1 aliphatic carbocycles. The quantitative estimate of drug-likeness (QED) is 0.679. The van der Waals surface area contributed by atoms with Gasteiger partial charge in [0.2, 0.25) is 0 Å². The van der Waals surface area contributed by atoms with Gasteiger partial charge in [-0.25, -0.2) is 0 Å². The summed E-state index contributed by atoms with van der Waals surface area (Å²) in [4.78, 5) is 0. The second-order valence-corrected chi connectivity index (χ2v) is 6.27. The zero-order chi connectivity index (χ0) is 13.8. The molecule has 0 heterocycles. The van der Waals surface area contributed by atoms with Crippen LogP contribution in [0.25, 0.3) is 0 Å². The molecule has 3 heteroatoms. The van der Waals surface area contributed by atoms with E-state index in [4.69, 9.17) is 9.47 Å². The zero-order valence-electron chi connectivity index (χ0n) is 12.2. The average Bonchev–Trinajstić information content (AvgIpc) is 2.24. The van der Waals surface area contributed by atoms with Crippen LogP contribution in [0.1, 0.15) is 47.0 Å². The Morgan fingerprint density at radius 1 is 1.56 bits per heavy atom. The molecule has 18 heavy (non-hydrogen) atoms. The third-order valence-corrected chi connectivity index (χ3v) is 3.82. The van der Waals surface area contributed by atoms with Gasteiger partial charge in [0.15, 0.2) is 0 Å². The number of aliphatic hydroxyl groups is 1. The standard InChI is InChI=1S/C15H28O3/c1-6-8-14(3,4)17-11-13-7-9-15(13,5)18-10-12(2)16/h6,12-13,16H,1,7-11H2,2-5H3. The fourth-order valence-corrected chi connectivity index (χ4v) is 2.25. The summed E-state index contributed by atoms with van der Waals surface area (Å²) in [6, 6.07) is 0. The number of aliphatic hydroxyl groups excluding tert-OH is 1. The van der Waals surface area contributed by atoms with Gasteiger partial charge in [0.1, 0.15) is 0 Å². The van der Waals surface area contributed by atoms with Crippen LogP contribution in [0.3, 0.4) is 0 Å². The van der Waals surface area contributed by atoms with Crippen LogP contribution >= 0.6 is 0 Å². The highest BCUT2D eigenvalue weighted by Crippen LogP contribution is 2.42. The van der Waals surface area contributed by atoms with Crippen molar-refractivity contribution in [1.82, 2.24) is 0 Å². The number of rotatable bonds is 8. The van der Waals surface area contributed by atoms with Crippen LogP contribution in [0.2, 0.25) is 0 Å². The van der Waals surface area contributed by atoms with Gasteiger partial charge in [-0.2, -0.15) is 0 Å². The van der Waals surface area contributed by atoms with E-state index in [0.717, 1.165) is 25.9 Å². The highest BCUT2D eigenvalue weighted by atomic mass is 16.5. The van der Waals surface area contributed by atoms with Crippen LogP contribution in [0.15, 0.2) is 12.7 Å². The maximum absolute atomic E-state index is 9.28. The Hall–Kier alpha value is -0.380. The van der Waals surface area contributed by atoms with Crippen molar-refractivity contribution in [2.45, 2.75) is 64.3 Å². The van der Waals surface area contributed by atoms with Gasteiger partial charge in [0, 0.05) is 5.92 Å². The summed E-state index contributed by atoms with van der Waals surface area (Å²) >= 11 is 0. The second-order valence-electron chi connectivity index (χ2n) is 6.27. The van der Waals surface area contributed by atoms with Gasteiger partial charge in [-0.3, -0.25) is 0 Å². The second kappa shape index (κ2) is 6.18. The molecule has 0 radical (unpaired) electrons. The highest BCUT2D eigenvalue weighted by molar-refractivity contribution is 4.95. The average molecular weight is 256 g/mol. The molecule has 106 valence electrons. The summed E-state index contributed by atoms with van der Waals surface area (Å²) < 4.78 is 11.8. The molecule has 0 aromatic heterocycles. The normalized spacial score (nSPS) is 29.7. The van der Waals surface area contributed by atoms with E-state index in [0.29, 0.717) is 12.5 Å². The first-order chi connectivity index (χ1) is 8.29. The molecule has 1 saturated carbocycles.